The van der Waals surface area contributed by atoms with Gasteiger partial charge in [-0.25, -0.2) is 4.39 Å². The first-order chi connectivity index (χ1) is 8.04. The van der Waals surface area contributed by atoms with Gasteiger partial charge in [0.05, 0.1) is 0 Å². The van der Waals surface area contributed by atoms with Crippen LogP contribution in [-0.4, -0.2) is 29.1 Å². The molecule has 0 radical (unpaired) electrons. The number of phenolic OH excluding ortho intramolecular Hbond substituents is 1. The summed E-state index contributed by atoms with van der Waals surface area (Å²) in [6.07, 6.45) is 1.10. The molecule has 1 aromatic carbocycles. The minimum atomic E-state index is -0.386. The van der Waals surface area contributed by atoms with Crippen molar-refractivity contribution in [3.05, 3.63) is 29.6 Å². The van der Waals surface area contributed by atoms with Gasteiger partial charge in [0.1, 0.15) is 11.6 Å². The summed E-state index contributed by atoms with van der Waals surface area (Å²) in [6.45, 7) is 4.65. The Labute approximate surface area is 113 Å². The van der Waals surface area contributed by atoms with Gasteiger partial charge in [-0.05, 0) is 43.5 Å². The Morgan fingerprint density at radius 1 is 1.50 bits per heavy atom. The summed E-state index contributed by atoms with van der Waals surface area (Å²) in [7, 11) is 0. The fraction of sp³-hybridized carbons (Fsp3) is 0.538. The minimum Gasteiger partial charge on any atom is -0.508 e. The van der Waals surface area contributed by atoms with Gasteiger partial charge >= 0.3 is 0 Å². The Morgan fingerprint density at radius 2 is 2.22 bits per heavy atom. The van der Waals surface area contributed by atoms with E-state index in [0.717, 1.165) is 31.1 Å². The summed E-state index contributed by atoms with van der Waals surface area (Å²) in [6, 6.07) is 4.42. The molecule has 18 heavy (non-hydrogen) atoms. The van der Waals surface area contributed by atoms with Crippen molar-refractivity contribution in [2.45, 2.75) is 25.9 Å². The van der Waals surface area contributed by atoms with Crippen LogP contribution in [0.15, 0.2) is 18.2 Å². The SMILES string of the molecule is CC(N)C1CCN(Cc2cc(O)cc(F)c2)C1.Cl. The Morgan fingerprint density at radius 3 is 2.78 bits per heavy atom. The fourth-order valence-electron chi connectivity index (χ4n) is 2.42. The summed E-state index contributed by atoms with van der Waals surface area (Å²) < 4.78 is 13.1. The van der Waals surface area contributed by atoms with Gasteiger partial charge in [-0.15, -0.1) is 12.4 Å². The number of benzene rings is 1. The largest absolute Gasteiger partial charge is 0.508 e. The molecule has 1 aliphatic heterocycles. The highest BCUT2D eigenvalue weighted by Crippen LogP contribution is 2.22. The summed E-state index contributed by atoms with van der Waals surface area (Å²) >= 11 is 0. The van der Waals surface area contributed by atoms with E-state index in [9.17, 15) is 9.50 Å². The van der Waals surface area contributed by atoms with E-state index < -0.39 is 0 Å². The summed E-state index contributed by atoms with van der Waals surface area (Å²) in [5, 5.41) is 9.33. The van der Waals surface area contributed by atoms with Crippen LogP contribution in [0.25, 0.3) is 0 Å². The Hall–Kier alpha value is -0.840. The van der Waals surface area contributed by atoms with Gasteiger partial charge in [0.15, 0.2) is 0 Å². The maximum atomic E-state index is 13.1. The van der Waals surface area contributed by atoms with Crippen molar-refractivity contribution in [1.29, 1.82) is 0 Å². The number of phenols is 1. The normalized spacial score (nSPS) is 21.6. The topological polar surface area (TPSA) is 49.5 Å². The van der Waals surface area contributed by atoms with E-state index in [0.29, 0.717) is 12.5 Å². The molecule has 0 spiro atoms. The van der Waals surface area contributed by atoms with Gasteiger partial charge in [-0.3, -0.25) is 4.90 Å². The summed E-state index contributed by atoms with van der Waals surface area (Å²) in [4.78, 5) is 2.25. The molecule has 5 heteroatoms. The van der Waals surface area contributed by atoms with Gasteiger partial charge < -0.3 is 10.8 Å². The lowest BCUT2D eigenvalue weighted by Gasteiger charge is -2.18. The first kappa shape index (κ1) is 15.2. The molecule has 102 valence electrons. The van der Waals surface area contributed by atoms with Gasteiger partial charge in [-0.2, -0.15) is 0 Å². The van der Waals surface area contributed by atoms with Crippen LogP contribution in [0.3, 0.4) is 0 Å². The monoisotopic (exact) mass is 274 g/mol. The third kappa shape index (κ3) is 3.83. The third-order valence-corrected chi connectivity index (χ3v) is 3.40. The van der Waals surface area contributed by atoms with E-state index in [1.165, 1.54) is 6.07 Å². The van der Waals surface area contributed by atoms with Gasteiger partial charge in [-0.1, -0.05) is 0 Å². The van der Waals surface area contributed by atoms with E-state index >= 15 is 0 Å². The first-order valence-electron chi connectivity index (χ1n) is 6.01. The highest BCUT2D eigenvalue weighted by atomic mass is 35.5. The Balaban J connectivity index is 0.00000162. The Kier molecular flexibility index (Phi) is 5.38. The number of nitrogens with two attached hydrogens (primary N) is 1. The van der Waals surface area contributed by atoms with E-state index in [4.69, 9.17) is 5.73 Å². The molecule has 3 N–H and O–H groups in total. The number of aromatic hydroxyl groups is 1. The molecule has 1 heterocycles. The van der Waals surface area contributed by atoms with Crippen molar-refractivity contribution in [3.8, 4) is 5.75 Å². The zero-order valence-corrected chi connectivity index (χ0v) is 11.3. The van der Waals surface area contributed by atoms with Crippen LogP contribution in [0.5, 0.6) is 5.75 Å². The second-order valence-corrected chi connectivity index (χ2v) is 4.96. The number of hydrogen-bond donors (Lipinski definition) is 2. The molecule has 1 fully saturated rings. The lowest BCUT2D eigenvalue weighted by Crippen LogP contribution is -2.29. The van der Waals surface area contributed by atoms with E-state index in [-0.39, 0.29) is 30.0 Å². The summed E-state index contributed by atoms with van der Waals surface area (Å²) in [5.41, 5.74) is 6.69. The van der Waals surface area contributed by atoms with Crippen LogP contribution in [0.4, 0.5) is 4.39 Å². The molecule has 1 saturated heterocycles. The molecular weight excluding hydrogens is 255 g/mol. The predicted molar refractivity (Wildman–Crippen MR) is 72.3 cm³/mol. The van der Waals surface area contributed by atoms with Crippen LogP contribution >= 0.6 is 12.4 Å². The molecule has 0 aliphatic carbocycles. The van der Waals surface area contributed by atoms with Crippen molar-refractivity contribution in [2.24, 2.45) is 11.7 Å². The molecule has 0 aromatic heterocycles. The predicted octanol–water partition coefficient (Wildman–Crippen LogP) is 2.12. The van der Waals surface area contributed by atoms with E-state index in [2.05, 4.69) is 4.90 Å². The van der Waals surface area contributed by atoms with Gasteiger partial charge in [0, 0.05) is 25.2 Å². The van der Waals surface area contributed by atoms with Crippen molar-refractivity contribution >= 4 is 12.4 Å². The molecule has 2 rings (SSSR count). The maximum absolute atomic E-state index is 13.1. The smallest absolute Gasteiger partial charge is 0.127 e. The Bertz CT molecular complexity index is 380. The summed E-state index contributed by atoms with van der Waals surface area (Å²) in [5.74, 6) is 0.128. The molecular formula is C13H20ClFN2O. The number of hydrogen-bond acceptors (Lipinski definition) is 3. The highest BCUT2D eigenvalue weighted by molar-refractivity contribution is 5.85. The van der Waals surface area contributed by atoms with Crippen LogP contribution in [-0.2, 0) is 6.54 Å². The van der Waals surface area contributed by atoms with Crippen molar-refractivity contribution in [3.63, 3.8) is 0 Å². The van der Waals surface area contributed by atoms with Crippen molar-refractivity contribution < 1.29 is 9.50 Å². The fourth-order valence-corrected chi connectivity index (χ4v) is 2.42. The lowest BCUT2D eigenvalue weighted by molar-refractivity contribution is 0.307. The van der Waals surface area contributed by atoms with Crippen molar-refractivity contribution in [2.75, 3.05) is 13.1 Å². The average Bonchev–Trinajstić information content (AvgIpc) is 2.64. The molecule has 0 saturated carbocycles. The second kappa shape index (κ2) is 6.36. The molecule has 2 unspecified atom stereocenters. The molecule has 0 bridgehead atoms. The van der Waals surface area contributed by atoms with Crippen LogP contribution < -0.4 is 5.73 Å². The molecule has 3 nitrogen and oxygen atoms in total. The molecule has 0 amide bonds. The lowest BCUT2D eigenvalue weighted by atomic mass is 10.0. The highest BCUT2D eigenvalue weighted by Gasteiger charge is 2.25. The number of likely N-dealkylation sites (tertiary alicyclic amines) is 1. The number of rotatable bonds is 3. The van der Waals surface area contributed by atoms with Crippen LogP contribution in [0, 0.1) is 11.7 Å². The first-order valence-corrected chi connectivity index (χ1v) is 6.01. The zero-order chi connectivity index (χ0) is 12.4. The van der Waals surface area contributed by atoms with Gasteiger partial charge in [0.25, 0.3) is 0 Å². The standard InChI is InChI=1S/C13H19FN2O.ClH/c1-9(15)11-2-3-16(8-11)7-10-4-12(14)6-13(17)5-10;/h4-6,9,11,17H,2-3,7-8,15H2,1H3;1H. The quantitative estimate of drug-likeness (QED) is 0.888. The number of halogens is 2. The zero-order valence-electron chi connectivity index (χ0n) is 10.5. The minimum absolute atomic E-state index is 0. The molecule has 1 aliphatic rings. The third-order valence-electron chi connectivity index (χ3n) is 3.40. The number of nitrogens with zero attached hydrogens (tertiary/aromatic N) is 1. The van der Waals surface area contributed by atoms with E-state index in [1.807, 2.05) is 6.92 Å². The van der Waals surface area contributed by atoms with Crippen LogP contribution in [0.1, 0.15) is 18.9 Å². The second-order valence-electron chi connectivity index (χ2n) is 4.96. The molecule has 1 aromatic rings. The van der Waals surface area contributed by atoms with Crippen LogP contribution in [0.2, 0.25) is 0 Å². The maximum Gasteiger partial charge on any atom is 0.127 e. The average molecular weight is 275 g/mol. The van der Waals surface area contributed by atoms with E-state index in [1.54, 1.807) is 6.07 Å². The van der Waals surface area contributed by atoms with Gasteiger partial charge in [0.2, 0.25) is 0 Å². The van der Waals surface area contributed by atoms with Crippen molar-refractivity contribution in [1.82, 2.24) is 4.90 Å². The molecule has 2 atom stereocenters.